The van der Waals surface area contributed by atoms with Gasteiger partial charge in [-0.1, -0.05) is 18.2 Å². The Kier molecular flexibility index (Phi) is 5.55. The third-order valence-corrected chi connectivity index (χ3v) is 4.65. The van der Waals surface area contributed by atoms with E-state index in [1.165, 1.54) is 23.2 Å². The summed E-state index contributed by atoms with van der Waals surface area (Å²) in [6.45, 7) is -0.191. The highest BCUT2D eigenvalue weighted by atomic mass is 16.6. The van der Waals surface area contributed by atoms with Gasteiger partial charge in [-0.15, -0.1) is 0 Å². The number of nitro groups is 1. The monoisotopic (exact) mass is 449 g/mol. The van der Waals surface area contributed by atoms with Gasteiger partial charge in [0.15, 0.2) is 0 Å². The van der Waals surface area contributed by atoms with Crippen LogP contribution in [-0.2, 0) is 11.3 Å². The molecule has 0 aliphatic carbocycles. The second-order valence-electron chi connectivity index (χ2n) is 6.84. The van der Waals surface area contributed by atoms with E-state index in [0.29, 0.717) is 11.4 Å². The molecule has 0 radical (unpaired) electrons. The number of nitro benzene ring substituents is 1. The lowest BCUT2D eigenvalue weighted by molar-refractivity contribution is -0.384. The van der Waals surface area contributed by atoms with E-state index in [2.05, 4.69) is 15.3 Å². The normalized spacial score (nSPS) is 10.7. The second kappa shape index (κ2) is 8.63. The molecule has 2 aromatic carbocycles. The fraction of sp³-hybridized carbons (Fsp3) is 0.0476. The first-order chi connectivity index (χ1) is 15.8. The summed E-state index contributed by atoms with van der Waals surface area (Å²) >= 11 is 0. The summed E-state index contributed by atoms with van der Waals surface area (Å²) in [7, 11) is 0. The molecule has 1 amide bonds. The molecule has 3 N–H and O–H groups in total. The van der Waals surface area contributed by atoms with Crippen LogP contribution in [0.1, 0.15) is 16.1 Å². The maximum Gasteiger partial charge on any atom is 0.412 e. The quantitative estimate of drug-likeness (QED) is 0.298. The predicted molar refractivity (Wildman–Crippen MR) is 116 cm³/mol. The van der Waals surface area contributed by atoms with Gasteiger partial charge in [-0.2, -0.15) is 0 Å². The van der Waals surface area contributed by atoms with Crippen LogP contribution >= 0.6 is 0 Å². The number of aromatic carboxylic acids is 1. The van der Waals surface area contributed by atoms with E-state index in [1.807, 2.05) is 0 Å². The van der Waals surface area contributed by atoms with Gasteiger partial charge >= 0.3 is 12.1 Å². The fourth-order valence-corrected chi connectivity index (χ4v) is 3.13. The molecule has 0 saturated carbocycles. The molecular weight excluding hydrogens is 434 g/mol. The number of carbonyl (C=O) groups is 2. The standard InChI is InChI=1S/C21H15N5O7/c27-19-15(20(28)29)6-12-7-17(18(26(31)32)8-16(12)24-19)25-9-14(22-11-25)10-33-21(30)23-13-4-2-1-3-5-13/h1-9,11H,10H2,(H,23,30)(H,24,27)(H,28,29). The number of nitrogens with zero attached hydrogens (tertiary/aromatic N) is 3. The number of hydrogen-bond donors (Lipinski definition) is 3. The first kappa shape index (κ1) is 21.2. The Balaban J connectivity index is 1.60. The number of ether oxygens (including phenoxy) is 1. The summed E-state index contributed by atoms with van der Waals surface area (Å²) in [5, 5.41) is 23.6. The zero-order chi connectivity index (χ0) is 23.5. The lowest BCUT2D eigenvalue weighted by atomic mass is 10.1. The number of para-hydroxylation sites is 1. The molecule has 0 aliphatic rings. The van der Waals surface area contributed by atoms with Gasteiger partial charge in [0.1, 0.15) is 17.9 Å². The summed E-state index contributed by atoms with van der Waals surface area (Å²) in [5.41, 5.74) is -0.628. The number of hydrogen-bond acceptors (Lipinski definition) is 7. The third-order valence-electron chi connectivity index (χ3n) is 4.65. The number of aromatic nitrogens is 3. The number of imidazole rings is 1. The fourth-order valence-electron chi connectivity index (χ4n) is 3.13. The van der Waals surface area contributed by atoms with Crippen LogP contribution in [0.3, 0.4) is 0 Å². The van der Waals surface area contributed by atoms with Gasteiger partial charge < -0.3 is 14.8 Å². The summed E-state index contributed by atoms with van der Waals surface area (Å²) in [4.78, 5) is 52.5. The van der Waals surface area contributed by atoms with Crippen LogP contribution in [-0.4, -0.2) is 36.6 Å². The van der Waals surface area contributed by atoms with Crippen molar-refractivity contribution in [3.63, 3.8) is 0 Å². The Bertz CT molecular complexity index is 1440. The predicted octanol–water partition coefficient (Wildman–Crippen LogP) is 3.07. The van der Waals surface area contributed by atoms with Gasteiger partial charge in [-0.25, -0.2) is 14.6 Å². The highest BCUT2D eigenvalue weighted by Crippen LogP contribution is 2.28. The average molecular weight is 449 g/mol. The Morgan fingerprint density at radius 3 is 2.67 bits per heavy atom. The number of nitrogens with one attached hydrogen (secondary N) is 2. The van der Waals surface area contributed by atoms with Crippen molar-refractivity contribution < 1.29 is 24.4 Å². The Hall–Kier alpha value is -5.00. The lowest BCUT2D eigenvalue weighted by Crippen LogP contribution is -2.17. The highest BCUT2D eigenvalue weighted by Gasteiger charge is 2.20. The van der Waals surface area contributed by atoms with Crippen molar-refractivity contribution in [2.45, 2.75) is 6.61 Å². The van der Waals surface area contributed by atoms with Crippen LogP contribution in [0.25, 0.3) is 16.6 Å². The van der Waals surface area contributed by atoms with Crippen molar-refractivity contribution in [1.29, 1.82) is 0 Å². The Morgan fingerprint density at radius 1 is 1.21 bits per heavy atom. The summed E-state index contributed by atoms with van der Waals surface area (Å²) in [5.74, 6) is -1.42. The SMILES string of the molecule is O=C(Nc1ccccc1)OCc1cn(-c2cc3cc(C(=O)O)c(=O)[nH]c3cc2[N+](=O)[O-])cn1. The Morgan fingerprint density at radius 2 is 1.97 bits per heavy atom. The summed E-state index contributed by atoms with van der Waals surface area (Å²) < 4.78 is 6.46. The maximum atomic E-state index is 11.9. The van der Waals surface area contributed by atoms with Gasteiger partial charge in [0.2, 0.25) is 0 Å². The molecule has 0 spiro atoms. The number of pyridine rings is 1. The van der Waals surface area contributed by atoms with Crippen molar-refractivity contribution >= 4 is 34.3 Å². The molecule has 12 heteroatoms. The molecule has 0 aliphatic heterocycles. The van der Waals surface area contributed by atoms with Crippen LogP contribution in [0, 0.1) is 10.1 Å². The first-order valence-corrected chi connectivity index (χ1v) is 9.42. The van der Waals surface area contributed by atoms with Crippen molar-refractivity contribution in [2.24, 2.45) is 0 Å². The van der Waals surface area contributed by atoms with Crippen LogP contribution in [0.4, 0.5) is 16.2 Å². The van der Waals surface area contributed by atoms with Crippen LogP contribution in [0.5, 0.6) is 0 Å². The molecule has 33 heavy (non-hydrogen) atoms. The maximum absolute atomic E-state index is 11.9. The number of carboxylic acids is 1. The molecule has 4 rings (SSSR count). The second-order valence-corrected chi connectivity index (χ2v) is 6.84. The molecule has 0 unspecified atom stereocenters. The number of carbonyl (C=O) groups excluding carboxylic acids is 1. The van der Waals surface area contributed by atoms with Crippen molar-refractivity contribution in [1.82, 2.24) is 14.5 Å². The molecule has 0 fully saturated rings. The zero-order valence-corrected chi connectivity index (χ0v) is 16.7. The van der Waals surface area contributed by atoms with E-state index in [9.17, 15) is 24.5 Å². The number of rotatable bonds is 6. The van der Waals surface area contributed by atoms with Gasteiger partial charge in [-0.05, 0) is 24.3 Å². The van der Waals surface area contributed by atoms with E-state index in [0.717, 1.165) is 12.1 Å². The zero-order valence-electron chi connectivity index (χ0n) is 16.7. The number of fused-ring (bicyclic) bond motifs is 1. The number of anilines is 1. The van der Waals surface area contributed by atoms with Crippen LogP contribution in [0.15, 0.2) is 65.8 Å². The molecule has 0 atom stereocenters. The highest BCUT2D eigenvalue weighted by molar-refractivity contribution is 5.94. The lowest BCUT2D eigenvalue weighted by Gasteiger charge is -2.07. The summed E-state index contributed by atoms with van der Waals surface area (Å²) in [6.07, 6.45) is 2.04. The van der Waals surface area contributed by atoms with Gasteiger partial charge in [-0.3, -0.25) is 24.8 Å². The average Bonchev–Trinajstić information content (AvgIpc) is 3.26. The number of amides is 1. The minimum atomic E-state index is -1.42. The van der Waals surface area contributed by atoms with Crippen LogP contribution in [0.2, 0.25) is 0 Å². The molecule has 2 aromatic heterocycles. The van der Waals surface area contributed by atoms with Gasteiger partial charge in [0.05, 0.1) is 22.5 Å². The molecule has 4 aromatic rings. The molecule has 166 valence electrons. The van der Waals surface area contributed by atoms with Crippen molar-refractivity contribution in [2.75, 3.05) is 5.32 Å². The topological polar surface area (TPSA) is 169 Å². The first-order valence-electron chi connectivity index (χ1n) is 9.42. The molecule has 0 bridgehead atoms. The van der Waals surface area contributed by atoms with Gasteiger partial charge in [0.25, 0.3) is 11.2 Å². The minimum absolute atomic E-state index is 0.0865. The van der Waals surface area contributed by atoms with E-state index in [1.54, 1.807) is 30.3 Å². The number of benzene rings is 2. The number of aromatic amines is 1. The van der Waals surface area contributed by atoms with E-state index in [-0.39, 0.29) is 28.9 Å². The summed E-state index contributed by atoms with van der Waals surface area (Å²) in [6, 6.07) is 12.3. The number of carboxylic acid groups (broad SMARTS) is 1. The molecule has 12 nitrogen and oxygen atoms in total. The molecule has 0 saturated heterocycles. The van der Waals surface area contributed by atoms with Crippen LogP contribution < -0.4 is 10.9 Å². The van der Waals surface area contributed by atoms with Crippen molar-refractivity contribution in [3.05, 3.63) is 92.8 Å². The minimum Gasteiger partial charge on any atom is -0.477 e. The van der Waals surface area contributed by atoms with Crippen molar-refractivity contribution in [3.8, 4) is 5.69 Å². The van der Waals surface area contributed by atoms with Gasteiger partial charge in [0, 0.05) is 23.3 Å². The largest absolute Gasteiger partial charge is 0.477 e. The number of H-pyrrole nitrogens is 1. The third kappa shape index (κ3) is 4.54. The van der Waals surface area contributed by atoms with E-state index >= 15 is 0 Å². The Labute approximate surface area is 184 Å². The molecular formula is C21H15N5O7. The van der Waals surface area contributed by atoms with E-state index < -0.39 is 28.1 Å². The molecule has 2 heterocycles. The smallest absolute Gasteiger partial charge is 0.412 e. The van der Waals surface area contributed by atoms with E-state index in [4.69, 9.17) is 9.84 Å².